The van der Waals surface area contributed by atoms with Gasteiger partial charge in [0, 0.05) is 5.56 Å². The van der Waals surface area contributed by atoms with Gasteiger partial charge in [0.25, 0.3) is 5.89 Å². The van der Waals surface area contributed by atoms with Crippen LogP contribution in [0.5, 0.6) is 5.75 Å². The summed E-state index contributed by atoms with van der Waals surface area (Å²) in [6, 6.07) is 10.6. The highest BCUT2D eigenvalue weighted by atomic mass is 19.4. The third-order valence-electron chi connectivity index (χ3n) is 5.18. The van der Waals surface area contributed by atoms with Gasteiger partial charge in [0.2, 0.25) is 5.82 Å². The molecule has 1 atom stereocenters. The Balaban J connectivity index is 1.63. The first-order valence-corrected chi connectivity index (χ1v) is 11.3. The average Bonchev–Trinajstić information content (AvgIpc) is 3.33. The van der Waals surface area contributed by atoms with Gasteiger partial charge in [0.1, 0.15) is 12.3 Å². The number of aliphatic carboxylic acids is 1. The van der Waals surface area contributed by atoms with Crippen LogP contribution in [0.1, 0.15) is 43.8 Å². The van der Waals surface area contributed by atoms with E-state index in [0.717, 1.165) is 17.0 Å². The van der Waals surface area contributed by atoms with E-state index in [1.165, 1.54) is 12.1 Å². The summed E-state index contributed by atoms with van der Waals surface area (Å²) < 4.78 is 54.7. The van der Waals surface area contributed by atoms with Crippen molar-refractivity contribution >= 4 is 12.1 Å². The van der Waals surface area contributed by atoms with Crippen LogP contribution >= 0.6 is 0 Å². The first-order valence-electron chi connectivity index (χ1n) is 11.3. The molecule has 0 saturated heterocycles. The molecule has 0 saturated carbocycles. The van der Waals surface area contributed by atoms with Crippen molar-refractivity contribution in [1.29, 1.82) is 0 Å². The van der Waals surface area contributed by atoms with Gasteiger partial charge in [0.05, 0.1) is 18.2 Å². The number of benzene rings is 2. The van der Waals surface area contributed by atoms with Crippen molar-refractivity contribution in [2.75, 3.05) is 13.2 Å². The van der Waals surface area contributed by atoms with Crippen LogP contribution in [0.2, 0.25) is 0 Å². The van der Waals surface area contributed by atoms with Crippen molar-refractivity contribution in [2.45, 2.75) is 39.6 Å². The van der Waals surface area contributed by atoms with Crippen molar-refractivity contribution in [3.63, 3.8) is 0 Å². The third-order valence-corrected chi connectivity index (χ3v) is 5.18. The predicted octanol–water partition coefficient (Wildman–Crippen LogP) is 5.57. The van der Waals surface area contributed by atoms with Crippen molar-refractivity contribution in [3.05, 3.63) is 65.5 Å². The van der Waals surface area contributed by atoms with E-state index < -0.39 is 36.4 Å². The Bertz CT molecular complexity index is 1210. The number of carbonyl (C=O) groups is 2. The Morgan fingerprint density at radius 2 is 1.81 bits per heavy atom. The molecule has 0 radical (unpaired) electrons. The second-order valence-electron chi connectivity index (χ2n) is 8.62. The van der Waals surface area contributed by atoms with E-state index in [1.807, 2.05) is 13.8 Å². The molecule has 3 aromatic rings. The van der Waals surface area contributed by atoms with E-state index in [4.69, 9.17) is 14.0 Å². The summed E-state index contributed by atoms with van der Waals surface area (Å²) in [4.78, 5) is 28.9. The minimum Gasteiger partial charge on any atom is -0.485 e. The molecule has 0 spiro atoms. The van der Waals surface area contributed by atoms with Gasteiger partial charge in [-0.3, -0.25) is 9.69 Å². The number of nitrogens with zero attached hydrogens (tertiary/aromatic N) is 3. The molecule has 9 nitrogen and oxygen atoms in total. The van der Waals surface area contributed by atoms with E-state index in [-0.39, 0.29) is 36.4 Å². The van der Waals surface area contributed by atoms with Crippen LogP contribution in [-0.4, -0.2) is 45.4 Å². The minimum absolute atomic E-state index is 0.0725. The fourth-order valence-electron chi connectivity index (χ4n) is 3.25. The van der Waals surface area contributed by atoms with Gasteiger partial charge in [-0.2, -0.15) is 18.2 Å². The molecule has 198 valence electrons. The smallest absolute Gasteiger partial charge is 0.416 e. The van der Waals surface area contributed by atoms with Gasteiger partial charge in [0.15, 0.2) is 6.61 Å². The van der Waals surface area contributed by atoms with Crippen LogP contribution in [0.3, 0.4) is 0 Å². The number of hydrogen-bond acceptors (Lipinski definition) is 7. The summed E-state index contributed by atoms with van der Waals surface area (Å²) in [5.41, 5.74) is -0.0448. The zero-order chi connectivity index (χ0) is 27.2. The molecular weight excluding hydrogens is 495 g/mol. The standard InChI is InChI=1S/C25H26F3N3O6/c1-15(2)13-36-24(34)31(12-22(32)33)16(3)17-7-9-20(10-8-17)35-14-21-29-23(37-30-21)18-5-4-6-19(11-18)25(26,27)28/h4-11,15-16H,12-14H2,1-3H3,(H,32,33). The first kappa shape index (κ1) is 27.5. The Kier molecular flexibility index (Phi) is 8.74. The van der Waals surface area contributed by atoms with Gasteiger partial charge >= 0.3 is 18.2 Å². The minimum atomic E-state index is -4.50. The lowest BCUT2D eigenvalue weighted by atomic mass is 10.1. The average molecular weight is 521 g/mol. The molecule has 1 aromatic heterocycles. The number of alkyl halides is 3. The molecule has 3 rings (SSSR count). The monoisotopic (exact) mass is 521 g/mol. The molecule has 0 bridgehead atoms. The number of halogens is 3. The second kappa shape index (κ2) is 11.8. The summed E-state index contributed by atoms with van der Waals surface area (Å²) in [5.74, 6) is -0.587. The number of carboxylic acids is 1. The van der Waals surface area contributed by atoms with Gasteiger partial charge < -0.3 is 19.1 Å². The third kappa shape index (κ3) is 7.69. The van der Waals surface area contributed by atoms with Crippen molar-refractivity contribution in [3.8, 4) is 17.2 Å². The Hall–Kier alpha value is -4.09. The first-order chi connectivity index (χ1) is 17.4. The van der Waals surface area contributed by atoms with Crippen molar-refractivity contribution in [1.82, 2.24) is 15.0 Å². The normalized spacial score (nSPS) is 12.3. The van der Waals surface area contributed by atoms with E-state index in [9.17, 15) is 27.9 Å². The maximum Gasteiger partial charge on any atom is 0.416 e. The maximum absolute atomic E-state index is 12.9. The Morgan fingerprint density at radius 3 is 2.43 bits per heavy atom. The van der Waals surface area contributed by atoms with Crippen LogP contribution in [0.25, 0.3) is 11.5 Å². The molecule has 1 heterocycles. The largest absolute Gasteiger partial charge is 0.485 e. The Labute approximate surface area is 210 Å². The number of carbonyl (C=O) groups excluding carboxylic acids is 1. The zero-order valence-corrected chi connectivity index (χ0v) is 20.4. The molecule has 1 unspecified atom stereocenters. The molecule has 0 aliphatic heterocycles. The lowest BCUT2D eigenvalue weighted by molar-refractivity contribution is -0.139. The summed E-state index contributed by atoms with van der Waals surface area (Å²) in [6.45, 7) is 4.96. The van der Waals surface area contributed by atoms with Crippen LogP contribution in [0, 0.1) is 5.92 Å². The second-order valence-corrected chi connectivity index (χ2v) is 8.62. The molecule has 12 heteroatoms. The van der Waals surface area contributed by atoms with Crippen LogP contribution < -0.4 is 4.74 Å². The van der Waals surface area contributed by atoms with Crippen molar-refractivity contribution < 1.29 is 41.9 Å². The number of amides is 1. The van der Waals surface area contributed by atoms with Crippen LogP contribution in [-0.2, 0) is 22.3 Å². The van der Waals surface area contributed by atoms with Crippen molar-refractivity contribution in [2.24, 2.45) is 5.92 Å². The lowest BCUT2D eigenvalue weighted by Gasteiger charge is -2.27. The lowest BCUT2D eigenvalue weighted by Crippen LogP contribution is -2.38. The maximum atomic E-state index is 12.9. The molecule has 1 N–H and O–H groups in total. The van der Waals surface area contributed by atoms with E-state index in [2.05, 4.69) is 10.1 Å². The number of rotatable bonds is 10. The predicted molar refractivity (Wildman–Crippen MR) is 124 cm³/mol. The summed E-state index contributed by atoms with van der Waals surface area (Å²) in [6.07, 6.45) is -5.22. The summed E-state index contributed by atoms with van der Waals surface area (Å²) >= 11 is 0. The summed E-state index contributed by atoms with van der Waals surface area (Å²) in [5, 5.41) is 13.0. The highest BCUT2D eigenvalue weighted by Crippen LogP contribution is 2.32. The molecule has 1 amide bonds. The van der Waals surface area contributed by atoms with Gasteiger partial charge in [-0.05, 0) is 48.7 Å². The summed E-state index contributed by atoms with van der Waals surface area (Å²) in [7, 11) is 0. The van der Waals surface area contributed by atoms with E-state index in [1.54, 1.807) is 31.2 Å². The molecule has 0 fully saturated rings. The fourth-order valence-corrected chi connectivity index (χ4v) is 3.25. The fraction of sp³-hybridized carbons (Fsp3) is 0.360. The van der Waals surface area contributed by atoms with E-state index >= 15 is 0 Å². The quantitative estimate of drug-likeness (QED) is 0.368. The highest BCUT2D eigenvalue weighted by Gasteiger charge is 2.31. The zero-order valence-electron chi connectivity index (χ0n) is 20.4. The van der Waals surface area contributed by atoms with Gasteiger partial charge in [-0.15, -0.1) is 0 Å². The number of ether oxygens (including phenoxy) is 2. The van der Waals surface area contributed by atoms with E-state index in [0.29, 0.717) is 11.3 Å². The Morgan fingerprint density at radius 1 is 1.11 bits per heavy atom. The highest BCUT2D eigenvalue weighted by molar-refractivity contribution is 5.77. The van der Waals surface area contributed by atoms with Gasteiger partial charge in [-0.1, -0.05) is 37.2 Å². The topological polar surface area (TPSA) is 115 Å². The van der Waals surface area contributed by atoms with Crippen LogP contribution in [0.15, 0.2) is 53.1 Å². The number of hydrogen-bond donors (Lipinski definition) is 1. The number of aromatic nitrogens is 2. The molecule has 2 aromatic carbocycles. The molecule has 37 heavy (non-hydrogen) atoms. The van der Waals surface area contributed by atoms with Gasteiger partial charge in [-0.25, -0.2) is 4.79 Å². The molecule has 0 aliphatic rings. The SMILES string of the molecule is CC(C)COC(=O)N(CC(=O)O)C(C)c1ccc(OCc2noc(-c3cccc(C(F)(F)F)c3)n2)cc1. The molecular formula is C25H26F3N3O6. The number of carboxylic acid groups (broad SMARTS) is 1. The molecule has 0 aliphatic carbocycles. The van der Waals surface area contributed by atoms with Crippen LogP contribution in [0.4, 0.5) is 18.0 Å².